The second-order valence-corrected chi connectivity index (χ2v) is 5.08. The molecule has 0 aromatic heterocycles. The zero-order valence-electron chi connectivity index (χ0n) is 12.3. The van der Waals surface area contributed by atoms with E-state index in [1.54, 1.807) is 0 Å². The van der Waals surface area contributed by atoms with Crippen LogP contribution >= 0.6 is 0 Å². The van der Waals surface area contributed by atoms with E-state index < -0.39 is 6.10 Å². The standard InChI is InChI=1S/C17H20N2O2/c1-12-7-9-14(10-8-12)16(20)11-18-17(21)19-15-6-4-3-5-13(15)2/h3-10,16,20H,11H2,1-2H3,(H2,18,19,21). The van der Waals surface area contributed by atoms with Gasteiger partial charge in [0, 0.05) is 12.2 Å². The Morgan fingerprint density at radius 2 is 1.76 bits per heavy atom. The number of anilines is 1. The Bertz CT molecular complexity index is 608. The SMILES string of the molecule is Cc1ccc(C(O)CNC(=O)Nc2ccccc2C)cc1. The summed E-state index contributed by atoms with van der Waals surface area (Å²) in [6.07, 6.45) is -0.715. The highest BCUT2D eigenvalue weighted by Crippen LogP contribution is 2.14. The molecule has 0 aliphatic rings. The second-order valence-electron chi connectivity index (χ2n) is 5.08. The molecule has 2 aromatic carbocycles. The number of carbonyl (C=O) groups is 1. The third kappa shape index (κ3) is 4.33. The molecule has 1 atom stereocenters. The van der Waals surface area contributed by atoms with Crippen molar-refractivity contribution in [2.75, 3.05) is 11.9 Å². The first-order chi connectivity index (χ1) is 10.1. The molecule has 0 aliphatic carbocycles. The molecule has 0 aliphatic heterocycles. The van der Waals surface area contributed by atoms with Crippen molar-refractivity contribution in [2.45, 2.75) is 20.0 Å². The molecule has 0 saturated carbocycles. The van der Waals surface area contributed by atoms with Gasteiger partial charge in [-0.25, -0.2) is 4.79 Å². The van der Waals surface area contributed by atoms with Crippen molar-refractivity contribution in [1.29, 1.82) is 0 Å². The van der Waals surface area contributed by atoms with Gasteiger partial charge in [-0.05, 0) is 31.0 Å². The van der Waals surface area contributed by atoms with Crippen LogP contribution in [0.5, 0.6) is 0 Å². The molecule has 2 aromatic rings. The van der Waals surface area contributed by atoms with Gasteiger partial charge in [0.1, 0.15) is 0 Å². The van der Waals surface area contributed by atoms with Gasteiger partial charge in [0.2, 0.25) is 0 Å². The fourth-order valence-corrected chi connectivity index (χ4v) is 1.98. The highest BCUT2D eigenvalue weighted by Gasteiger charge is 2.09. The maximum absolute atomic E-state index is 11.8. The summed E-state index contributed by atoms with van der Waals surface area (Å²) < 4.78 is 0. The number of hydrogen-bond acceptors (Lipinski definition) is 2. The van der Waals surface area contributed by atoms with Gasteiger partial charge < -0.3 is 15.7 Å². The number of rotatable bonds is 4. The van der Waals surface area contributed by atoms with Gasteiger partial charge in [-0.1, -0.05) is 48.0 Å². The summed E-state index contributed by atoms with van der Waals surface area (Å²) in [5, 5.41) is 15.5. The van der Waals surface area contributed by atoms with Crippen LogP contribution in [0.2, 0.25) is 0 Å². The van der Waals surface area contributed by atoms with Crippen LogP contribution in [0.1, 0.15) is 22.8 Å². The number of aryl methyl sites for hydroxylation is 2. The van der Waals surface area contributed by atoms with Crippen molar-refractivity contribution in [3.05, 3.63) is 65.2 Å². The van der Waals surface area contributed by atoms with Gasteiger partial charge in [-0.15, -0.1) is 0 Å². The van der Waals surface area contributed by atoms with E-state index in [1.165, 1.54) is 0 Å². The monoisotopic (exact) mass is 284 g/mol. The number of nitrogens with one attached hydrogen (secondary N) is 2. The van der Waals surface area contributed by atoms with Gasteiger partial charge in [-0.2, -0.15) is 0 Å². The molecule has 4 nitrogen and oxygen atoms in total. The molecule has 0 bridgehead atoms. The molecule has 0 radical (unpaired) electrons. The lowest BCUT2D eigenvalue weighted by molar-refractivity contribution is 0.175. The third-order valence-corrected chi connectivity index (χ3v) is 3.31. The number of carbonyl (C=O) groups excluding carboxylic acids is 1. The largest absolute Gasteiger partial charge is 0.387 e. The number of hydrogen-bond donors (Lipinski definition) is 3. The van der Waals surface area contributed by atoms with E-state index in [0.29, 0.717) is 0 Å². The van der Waals surface area contributed by atoms with Crippen LogP contribution in [0.3, 0.4) is 0 Å². The maximum atomic E-state index is 11.8. The van der Waals surface area contributed by atoms with E-state index in [9.17, 15) is 9.90 Å². The first-order valence-electron chi connectivity index (χ1n) is 6.91. The predicted molar refractivity (Wildman–Crippen MR) is 84.3 cm³/mol. The summed E-state index contributed by atoms with van der Waals surface area (Å²) >= 11 is 0. The molecule has 0 heterocycles. The molecule has 2 rings (SSSR count). The van der Waals surface area contributed by atoms with E-state index in [1.807, 2.05) is 62.4 Å². The lowest BCUT2D eigenvalue weighted by Gasteiger charge is -2.14. The van der Waals surface area contributed by atoms with Gasteiger partial charge in [-0.3, -0.25) is 0 Å². The minimum atomic E-state index is -0.715. The highest BCUT2D eigenvalue weighted by atomic mass is 16.3. The third-order valence-electron chi connectivity index (χ3n) is 3.31. The van der Waals surface area contributed by atoms with E-state index in [2.05, 4.69) is 10.6 Å². The number of urea groups is 1. The number of aliphatic hydroxyl groups excluding tert-OH is 1. The fraction of sp³-hybridized carbons (Fsp3) is 0.235. The normalized spacial score (nSPS) is 11.8. The summed E-state index contributed by atoms with van der Waals surface area (Å²) in [5.74, 6) is 0. The van der Waals surface area contributed by atoms with Crippen LogP contribution in [-0.4, -0.2) is 17.7 Å². The van der Waals surface area contributed by atoms with Crippen LogP contribution < -0.4 is 10.6 Å². The number of para-hydroxylation sites is 1. The lowest BCUT2D eigenvalue weighted by Crippen LogP contribution is -2.32. The van der Waals surface area contributed by atoms with Gasteiger partial charge in [0.15, 0.2) is 0 Å². The predicted octanol–water partition coefficient (Wildman–Crippen LogP) is 3.16. The smallest absolute Gasteiger partial charge is 0.319 e. The summed E-state index contributed by atoms with van der Waals surface area (Å²) in [5.41, 5.74) is 3.68. The molecule has 110 valence electrons. The molecule has 4 heteroatoms. The average molecular weight is 284 g/mol. The van der Waals surface area contributed by atoms with Crippen LogP contribution in [0, 0.1) is 13.8 Å². The first-order valence-corrected chi connectivity index (χ1v) is 6.91. The van der Waals surface area contributed by atoms with Gasteiger partial charge in [0.25, 0.3) is 0 Å². The zero-order valence-corrected chi connectivity index (χ0v) is 12.3. The Hall–Kier alpha value is -2.33. The Balaban J connectivity index is 1.86. The maximum Gasteiger partial charge on any atom is 0.319 e. The van der Waals surface area contributed by atoms with Crippen LogP contribution in [0.4, 0.5) is 10.5 Å². The number of aliphatic hydroxyl groups is 1. The Morgan fingerprint density at radius 3 is 2.43 bits per heavy atom. The molecule has 21 heavy (non-hydrogen) atoms. The van der Waals surface area contributed by atoms with E-state index in [4.69, 9.17) is 0 Å². The van der Waals surface area contributed by atoms with E-state index in [-0.39, 0.29) is 12.6 Å². The molecule has 2 amide bonds. The van der Waals surface area contributed by atoms with Crippen molar-refractivity contribution in [2.24, 2.45) is 0 Å². The van der Waals surface area contributed by atoms with Crippen molar-refractivity contribution >= 4 is 11.7 Å². The molecule has 0 fully saturated rings. The zero-order chi connectivity index (χ0) is 15.2. The van der Waals surface area contributed by atoms with E-state index in [0.717, 1.165) is 22.4 Å². The number of benzene rings is 2. The van der Waals surface area contributed by atoms with Crippen molar-refractivity contribution in [1.82, 2.24) is 5.32 Å². The van der Waals surface area contributed by atoms with Crippen LogP contribution in [0.15, 0.2) is 48.5 Å². The average Bonchev–Trinajstić information content (AvgIpc) is 2.48. The Morgan fingerprint density at radius 1 is 1.10 bits per heavy atom. The minimum absolute atomic E-state index is 0.167. The lowest BCUT2D eigenvalue weighted by atomic mass is 10.1. The quantitative estimate of drug-likeness (QED) is 0.807. The van der Waals surface area contributed by atoms with Crippen LogP contribution in [-0.2, 0) is 0 Å². The first kappa shape index (κ1) is 15.1. The number of amides is 2. The summed E-state index contributed by atoms with van der Waals surface area (Å²) in [6.45, 7) is 4.08. The molecule has 1 unspecified atom stereocenters. The Kier molecular flexibility index (Phi) is 4.95. The molecular formula is C17H20N2O2. The van der Waals surface area contributed by atoms with E-state index >= 15 is 0 Å². The summed E-state index contributed by atoms with van der Waals surface area (Å²) in [6, 6.07) is 14.8. The molecule has 0 saturated heterocycles. The molecule has 0 spiro atoms. The minimum Gasteiger partial charge on any atom is -0.387 e. The topological polar surface area (TPSA) is 61.4 Å². The highest BCUT2D eigenvalue weighted by molar-refractivity contribution is 5.90. The van der Waals surface area contributed by atoms with Gasteiger partial charge >= 0.3 is 6.03 Å². The van der Waals surface area contributed by atoms with Crippen molar-refractivity contribution in [3.63, 3.8) is 0 Å². The Labute approximate surface area is 124 Å². The summed E-state index contributed by atoms with van der Waals surface area (Å²) in [4.78, 5) is 11.8. The molecule has 3 N–H and O–H groups in total. The van der Waals surface area contributed by atoms with Crippen LogP contribution in [0.25, 0.3) is 0 Å². The fourth-order valence-electron chi connectivity index (χ4n) is 1.98. The second kappa shape index (κ2) is 6.90. The van der Waals surface area contributed by atoms with Crippen molar-refractivity contribution in [3.8, 4) is 0 Å². The summed E-state index contributed by atoms with van der Waals surface area (Å²) in [7, 11) is 0. The van der Waals surface area contributed by atoms with Gasteiger partial charge in [0.05, 0.1) is 6.10 Å². The van der Waals surface area contributed by atoms with Crippen molar-refractivity contribution < 1.29 is 9.90 Å². The molecular weight excluding hydrogens is 264 g/mol.